The summed E-state index contributed by atoms with van der Waals surface area (Å²) in [5, 5.41) is 3.03. The number of methoxy groups -OCH3 is 1. The number of sulfonamides is 1. The Morgan fingerprint density at radius 2 is 1.89 bits per heavy atom. The maximum atomic E-state index is 12.7. The van der Waals surface area contributed by atoms with Crippen molar-refractivity contribution in [3.8, 4) is 5.75 Å². The Kier molecular flexibility index (Phi) is 7.96. The van der Waals surface area contributed by atoms with E-state index in [1.165, 1.54) is 27.8 Å². The summed E-state index contributed by atoms with van der Waals surface area (Å²) in [4.78, 5) is 28.7. The highest BCUT2D eigenvalue weighted by Gasteiger charge is 2.26. The molecule has 0 unspecified atom stereocenters. The van der Waals surface area contributed by atoms with Gasteiger partial charge in [0.1, 0.15) is 5.75 Å². The average Bonchev–Trinajstić information content (AvgIpc) is 3.28. The molecule has 35 heavy (non-hydrogen) atoms. The van der Waals surface area contributed by atoms with Crippen LogP contribution in [0, 0.1) is 0 Å². The van der Waals surface area contributed by atoms with Crippen molar-refractivity contribution in [3.63, 3.8) is 0 Å². The summed E-state index contributed by atoms with van der Waals surface area (Å²) < 4.78 is 43.1. The first-order valence-electron chi connectivity index (χ1n) is 10.9. The quantitative estimate of drug-likeness (QED) is 0.428. The van der Waals surface area contributed by atoms with Gasteiger partial charge in [-0.15, -0.1) is 0 Å². The zero-order valence-electron chi connectivity index (χ0n) is 19.1. The summed E-state index contributed by atoms with van der Waals surface area (Å²) in [6.45, 7) is 1.00. The lowest BCUT2D eigenvalue weighted by Gasteiger charge is -2.26. The lowest BCUT2D eigenvalue weighted by Crippen LogP contribution is -2.40. The maximum absolute atomic E-state index is 12.7. The molecule has 10 nitrogen and oxygen atoms in total. The van der Waals surface area contributed by atoms with Crippen molar-refractivity contribution in [2.75, 3.05) is 45.3 Å². The molecule has 1 saturated heterocycles. The molecule has 3 aromatic rings. The van der Waals surface area contributed by atoms with Crippen molar-refractivity contribution in [2.45, 2.75) is 17.7 Å². The van der Waals surface area contributed by atoms with E-state index < -0.39 is 28.5 Å². The van der Waals surface area contributed by atoms with E-state index >= 15 is 0 Å². The third-order valence-electron chi connectivity index (χ3n) is 5.36. The molecular weight excluding hydrogens is 494 g/mol. The number of carbonyl (C=O) groups excluding carboxylic acids is 2. The fraction of sp³-hybridized carbons (Fsp3) is 0.348. The highest BCUT2D eigenvalue weighted by Crippen LogP contribution is 2.29. The third-order valence-corrected chi connectivity index (χ3v) is 8.20. The van der Waals surface area contributed by atoms with Gasteiger partial charge in [-0.05, 0) is 42.3 Å². The molecule has 0 spiro atoms. The number of aryl methyl sites for hydroxylation is 1. The van der Waals surface area contributed by atoms with Gasteiger partial charge in [0.2, 0.25) is 10.0 Å². The molecule has 1 N–H and O–H groups in total. The number of esters is 1. The first-order valence-corrected chi connectivity index (χ1v) is 13.2. The van der Waals surface area contributed by atoms with Crippen LogP contribution in [0.4, 0.5) is 5.13 Å². The van der Waals surface area contributed by atoms with Crippen LogP contribution in [0.25, 0.3) is 10.2 Å². The van der Waals surface area contributed by atoms with Gasteiger partial charge in [0.25, 0.3) is 5.91 Å². The van der Waals surface area contributed by atoms with Crippen LogP contribution in [-0.2, 0) is 35.5 Å². The Morgan fingerprint density at radius 3 is 2.60 bits per heavy atom. The number of fused-ring (bicyclic) bond motifs is 1. The van der Waals surface area contributed by atoms with Gasteiger partial charge >= 0.3 is 5.97 Å². The monoisotopic (exact) mass is 519 g/mol. The van der Waals surface area contributed by atoms with Gasteiger partial charge in [-0.3, -0.25) is 14.9 Å². The molecule has 2 aromatic carbocycles. The number of carbonyl (C=O) groups is 2. The molecule has 0 radical (unpaired) electrons. The molecule has 0 bridgehead atoms. The minimum absolute atomic E-state index is 0.0593. The molecule has 0 aliphatic carbocycles. The van der Waals surface area contributed by atoms with Gasteiger partial charge in [0.05, 0.1) is 35.4 Å². The van der Waals surface area contributed by atoms with Crippen molar-refractivity contribution >= 4 is 48.6 Å². The SMILES string of the molecule is COc1ccc2nc(NC(=O)COC(=O)CCc3ccc(S(=O)(=O)N4CCOCC4)cc3)sc2c1. The summed E-state index contributed by atoms with van der Waals surface area (Å²) in [6, 6.07) is 11.8. The molecule has 12 heteroatoms. The molecule has 0 atom stereocenters. The third kappa shape index (κ3) is 6.34. The van der Waals surface area contributed by atoms with Gasteiger partial charge in [-0.2, -0.15) is 4.31 Å². The van der Waals surface area contributed by atoms with E-state index in [0.717, 1.165) is 15.8 Å². The second kappa shape index (κ2) is 11.1. The molecule has 1 amide bonds. The zero-order chi connectivity index (χ0) is 24.8. The lowest BCUT2D eigenvalue weighted by molar-refractivity contribution is -0.147. The Balaban J connectivity index is 1.23. The molecule has 1 aliphatic rings. The van der Waals surface area contributed by atoms with E-state index in [-0.39, 0.29) is 11.3 Å². The van der Waals surface area contributed by atoms with Crippen LogP contribution in [0.3, 0.4) is 0 Å². The number of aromatic nitrogens is 1. The highest BCUT2D eigenvalue weighted by molar-refractivity contribution is 7.89. The Bertz CT molecular complexity index is 1300. The molecule has 0 saturated carbocycles. The fourth-order valence-electron chi connectivity index (χ4n) is 3.47. The Labute approximate surface area is 206 Å². The molecular formula is C23H25N3O7S2. The number of hydrogen-bond donors (Lipinski definition) is 1. The number of ether oxygens (including phenoxy) is 3. The topological polar surface area (TPSA) is 124 Å². The number of rotatable bonds is 9. The molecule has 1 fully saturated rings. The number of amides is 1. The predicted molar refractivity (Wildman–Crippen MR) is 130 cm³/mol. The summed E-state index contributed by atoms with van der Waals surface area (Å²) in [5.41, 5.74) is 1.52. The number of nitrogens with one attached hydrogen (secondary N) is 1. The van der Waals surface area contributed by atoms with Crippen LogP contribution in [0.1, 0.15) is 12.0 Å². The van der Waals surface area contributed by atoms with Crippen molar-refractivity contribution in [1.29, 1.82) is 0 Å². The van der Waals surface area contributed by atoms with Crippen LogP contribution < -0.4 is 10.1 Å². The molecule has 2 heterocycles. The van der Waals surface area contributed by atoms with Gasteiger partial charge < -0.3 is 14.2 Å². The first-order chi connectivity index (χ1) is 16.8. The predicted octanol–water partition coefficient (Wildman–Crippen LogP) is 2.44. The van der Waals surface area contributed by atoms with Gasteiger partial charge in [-0.1, -0.05) is 23.5 Å². The minimum atomic E-state index is -3.56. The largest absolute Gasteiger partial charge is 0.497 e. The number of thiazole rings is 1. The Morgan fingerprint density at radius 1 is 1.14 bits per heavy atom. The van der Waals surface area contributed by atoms with E-state index in [9.17, 15) is 18.0 Å². The number of benzene rings is 2. The smallest absolute Gasteiger partial charge is 0.306 e. The van der Waals surface area contributed by atoms with E-state index in [4.69, 9.17) is 14.2 Å². The summed E-state index contributed by atoms with van der Waals surface area (Å²) in [7, 11) is -1.98. The average molecular weight is 520 g/mol. The van der Waals surface area contributed by atoms with Crippen LogP contribution in [-0.4, -0.2) is 69.6 Å². The molecule has 186 valence electrons. The van der Waals surface area contributed by atoms with E-state index in [1.807, 2.05) is 6.07 Å². The number of morpholine rings is 1. The molecule has 1 aromatic heterocycles. The summed E-state index contributed by atoms with van der Waals surface area (Å²) in [5.74, 6) is -0.317. The maximum Gasteiger partial charge on any atom is 0.306 e. The van der Waals surface area contributed by atoms with Crippen LogP contribution >= 0.6 is 11.3 Å². The summed E-state index contributed by atoms with van der Waals surface area (Å²) >= 11 is 1.29. The molecule has 4 rings (SSSR count). The van der Waals surface area contributed by atoms with Crippen LogP contribution in [0.5, 0.6) is 5.75 Å². The van der Waals surface area contributed by atoms with Crippen molar-refractivity contribution in [2.24, 2.45) is 0 Å². The van der Waals surface area contributed by atoms with Crippen molar-refractivity contribution in [1.82, 2.24) is 9.29 Å². The molecule has 1 aliphatic heterocycles. The van der Waals surface area contributed by atoms with Crippen molar-refractivity contribution in [3.05, 3.63) is 48.0 Å². The summed E-state index contributed by atoms with van der Waals surface area (Å²) in [6.07, 6.45) is 0.418. The zero-order valence-corrected chi connectivity index (χ0v) is 20.7. The van der Waals surface area contributed by atoms with Gasteiger partial charge in [0.15, 0.2) is 11.7 Å². The second-order valence-electron chi connectivity index (χ2n) is 7.72. The standard InChI is InChI=1S/C23H25N3O7S2/c1-31-17-5-8-19-20(14-17)34-23(24-19)25-21(27)15-33-22(28)9-4-16-2-6-18(7-3-16)35(29,30)26-10-12-32-13-11-26/h2-3,5-8,14H,4,9-13,15H2,1H3,(H,24,25,27). The first kappa shape index (κ1) is 25.0. The number of nitrogens with zero attached hydrogens (tertiary/aromatic N) is 2. The van der Waals surface area contributed by atoms with E-state index in [1.54, 1.807) is 31.4 Å². The normalized spacial score (nSPS) is 14.5. The van der Waals surface area contributed by atoms with Crippen LogP contribution in [0.15, 0.2) is 47.4 Å². The highest BCUT2D eigenvalue weighted by atomic mass is 32.2. The van der Waals surface area contributed by atoms with E-state index in [2.05, 4.69) is 10.3 Å². The minimum Gasteiger partial charge on any atom is -0.497 e. The fourth-order valence-corrected chi connectivity index (χ4v) is 5.79. The van der Waals surface area contributed by atoms with Gasteiger partial charge in [0, 0.05) is 19.5 Å². The lowest BCUT2D eigenvalue weighted by atomic mass is 10.1. The van der Waals surface area contributed by atoms with E-state index in [0.29, 0.717) is 43.6 Å². The Hall–Kier alpha value is -3.06. The van der Waals surface area contributed by atoms with Crippen molar-refractivity contribution < 1.29 is 32.2 Å². The van der Waals surface area contributed by atoms with Crippen LogP contribution in [0.2, 0.25) is 0 Å². The second-order valence-corrected chi connectivity index (χ2v) is 10.7. The van der Waals surface area contributed by atoms with Gasteiger partial charge in [-0.25, -0.2) is 13.4 Å². The number of hydrogen-bond acceptors (Lipinski definition) is 9. The number of anilines is 1.